The highest BCUT2D eigenvalue weighted by Gasteiger charge is 2.33. The maximum atomic E-state index is 6.23. The lowest BCUT2D eigenvalue weighted by molar-refractivity contribution is 0.0180. The van der Waals surface area contributed by atoms with Crippen molar-refractivity contribution in [1.82, 2.24) is 15.5 Å². The zero-order valence-corrected chi connectivity index (χ0v) is 15.9. The number of halogens is 1. The molecule has 0 spiro atoms. The summed E-state index contributed by atoms with van der Waals surface area (Å²) in [6.07, 6.45) is 1.23. The van der Waals surface area contributed by atoms with Crippen molar-refractivity contribution in [1.29, 1.82) is 0 Å². The number of nitrogens with one attached hydrogen (secondary N) is 2. The van der Waals surface area contributed by atoms with Gasteiger partial charge in [0.1, 0.15) is 0 Å². The van der Waals surface area contributed by atoms with E-state index in [0.29, 0.717) is 12.6 Å². The zero-order valence-electron chi connectivity index (χ0n) is 15.2. The Morgan fingerprint density at radius 2 is 2.16 bits per heavy atom. The fourth-order valence-electron chi connectivity index (χ4n) is 3.23. The minimum Gasteiger partial charge on any atom is -0.379 e. The van der Waals surface area contributed by atoms with Gasteiger partial charge >= 0.3 is 0 Å². The van der Waals surface area contributed by atoms with E-state index < -0.39 is 0 Å². The van der Waals surface area contributed by atoms with E-state index in [-0.39, 0.29) is 6.04 Å². The molecule has 3 rings (SSSR count). The van der Waals surface area contributed by atoms with Crippen LogP contribution in [-0.4, -0.2) is 56.3 Å². The first-order chi connectivity index (χ1) is 12.2. The van der Waals surface area contributed by atoms with Gasteiger partial charge in [-0.2, -0.15) is 0 Å². The van der Waals surface area contributed by atoms with Crippen LogP contribution in [0.15, 0.2) is 29.3 Å². The molecule has 2 aliphatic rings. The minimum absolute atomic E-state index is 0.217. The number of benzene rings is 1. The molecule has 1 aliphatic carbocycles. The van der Waals surface area contributed by atoms with Crippen molar-refractivity contribution in [2.24, 2.45) is 10.9 Å². The predicted molar refractivity (Wildman–Crippen MR) is 103 cm³/mol. The standard InChI is InChI=1S/C19H29ClN4O/c1-3-21-19(23-17-11-14(17)2)22-13-18(24-7-9-25-10-8-24)15-5-4-6-16(20)12-15/h4-6,12,14,17-18H,3,7-11,13H2,1-2H3,(H2,21,22,23). The molecule has 3 unspecified atom stereocenters. The van der Waals surface area contributed by atoms with Crippen molar-refractivity contribution < 1.29 is 4.74 Å². The van der Waals surface area contributed by atoms with Crippen LogP contribution < -0.4 is 10.6 Å². The second kappa shape index (κ2) is 8.88. The predicted octanol–water partition coefficient (Wildman–Crippen LogP) is 2.68. The molecule has 2 N–H and O–H groups in total. The largest absolute Gasteiger partial charge is 0.379 e. The molecule has 1 aromatic carbocycles. The normalized spacial score (nSPS) is 25.5. The molecule has 2 fully saturated rings. The first-order valence-corrected chi connectivity index (χ1v) is 9.67. The molecule has 1 saturated heterocycles. The topological polar surface area (TPSA) is 48.9 Å². The third-order valence-corrected chi connectivity index (χ3v) is 5.15. The molecule has 0 aromatic heterocycles. The summed E-state index contributed by atoms with van der Waals surface area (Å²) in [6.45, 7) is 9.35. The van der Waals surface area contributed by atoms with Crippen molar-refractivity contribution in [3.05, 3.63) is 34.9 Å². The van der Waals surface area contributed by atoms with Gasteiger partial charge in [-0.15, -0.1) is 0 Å². The van der Waals surface area contributed by atoms with Gasteiger partial charge in [-0.3, -0.25) is 9.89 Å². The number of nitrogens with zero attached hydrogens (tertiary/aromatic N) is 2. The van der Waals surface area contributed by atoms with Crippen molar-refractivity contribution in [3.8, 4) is 0 Å². The number of hydrogen-bond acceptors (Lipinski definition) is 3. The van der Waals surface area contributed by atoms with E-state index in [0.717, 1.165) is 49.7 Å². The molecular weight excluding hydrogens is 336 g/mol. The Morgan fingerprint density at radius 3 is 2.80 bits per heavy atom. The maximum Gasteiger partial charge on any atom is 0.191 e. The highest BCUT2D eigenvalue weighted by molar-refractivity contribution is 6.30. The highest BCUT2D eigenvalue weighted by atomic mass is 35.5. The van der Waals surface area contributed by atoms with E-state index in [1.807, 2.05) is 12.1 Å². The molecule has 3 atom stereocenters. The number of morpholine rings is 1. The first-order valence-electron chi connectivity index (χ1n) is 9.29. The molecular formula is C19H29ClN4O. The Labute approximate surface area is 155 Å². The molecule has 0 amide bonds. The Balaban J connectivity index is 1.74. The average Bonchev–Trinajstić information content (AvgIpc) is 3.31. The lowest BCUT2D eigenvalue weighted by Gasteiger charge is -2.34. The number of guanidine groups is 1. The maximum absolute atomic E-state index is 6.23. The molecule has 138 valence electrons. The molecule has 6 heteroatoms. The lowest BCUT2D eigenvalue weighted by Crippen LogP contribution is -2.42. The summed E-state index contributed by atoms with van der Waals surface area (Å²) in [6, 6.07) is 8.92. The van der Waals surface area contributed by atoms with Crippen molar-refractivity contribution in [2.45, 2.75) is 32.4 Å². The quantitative estimate of drug-likeness (QED) is 0.602. The van der Waals surface area contributed by atoms with Crippen molar-refractivity contribution >= 4 is 17.6 Å². The highest BCUT2D eigenvalue weighted by Crippen LogP contribution is 2.29. The molecule has 25 heavy (non-hydrogen) atoms. The summed E-state index contributed by atoms with van der Waals surface area (Å²) in [5, 5.41) is 7.67. The van der Waals surface area contributed by atoms with E-state index in [1.54, 1.807) is 0 Å². The van der Waals surface area contributed by atoms with Gasteiger partial charge in [-0.1, -0.05) is 30.7 Å². The minimum atomic E-state index is 0.217. The Kier molecular flexibility index (Phi) is 6.57. The van der Waals surface area contributed by atoms with Crippen LogP contribution in [0.1, 0.15) is 31.9 Å². The van der Waals surface area contributed by atoms with Gasteiger partial charge in [-0.05, 0) is 37.0 Å². The summed E-state index contributed by atoms with van der Waals surface area (Å²) in [7, 11) is 0. The van der Waals surface area contributed by atoms with E-state index in [2.05, 4.69) is 41.5 Å². The van der Waals surface area contributed by atoms with Crippen LogP contribution in [-0.2, 0) is 4.74 Å². The van der Waals surface area contributed by atoms with Crippen LogP contribution in [0.25, 0.3) is 0 Å². The molecule has 1 aliphatic heterocycles. The summed E-state index contributed by atoms with van der Waals surface area (Å²) < 4.78 is 5.52. The second-order valence-electron chi connectivity index (χ2n) is 6.90. The third-order valence-electron chi connectivity index (χ3n) is 4.92. The summed E-state index contributed by atoms with van der Waals surface area (Å²) in [5.74, 6) is 1.66. The zero-order chi connectivity index (χ0) is 17.6. The molecule has 0 radical (unpaired) electrons. The summed E-state index contributed by atoms with van der Waals surface area (Å²) in [5.41, 5.74) is 1.22. The fourth-order valence-corrected chi connectivity index (χ4v) is 3.43. The second-order valence-corrected chi connectivity index (χ2v) is 7.34. The van der Waals surface area contributed by atoms with Crippen molar-refractivity contribution in [2.75, 3.05) is 39.4 Å². The molecule has 5 nitrogen and oxygen atoms in total. The lowest BCUT2D eigenvalue weighted by atomic mass is 10.0. The monoisotopic (exact) mass is 364 g/mol. The van der Waals surface area contributed by atoms with Gasteiger partial charge in [0.15, 0.2) is 5.96 Å². The molecule has 1 aromatic rings. The number of rotatable bonds is 6. The van der Waals surface area contributed by atoms with Gasteiger partial charge in [0.2, 0.25) is 0 Å². The molecule has 1 heterocycles. The number of hydrogen-bond donors (Lipinski definition) is 2. The smallest absolute Gasteiger partial charge is 0.191 e. The Morgan fingerprint density at radius 1 is 1.40 bits per heavy atom. The van der Waals surface area contributed by atoms with Crippen LogP contribution in [0.2, 0.25) is 5.02 Å². The molecule has 0 bridgehead atoms. The number of ether oxygens (including phenoxy) is 1. The fraction of sp³-hybridized carbons (Fsp3) is 0.632. The molecule has 1 saturated carbocycles. The third kappa shape index (κ3) is 5.33. The number of aliphatic imine (C=N–C) groups is 1. The Hall–Kier alpha value is -1.30. The SMILES string of the molecule is CCNC(=NCC(c1cccc(Cl)c1)N1CCOCC1)NC1CC1C. The van der Waals surface area contributed by atoms with E-state index in [4.69, 9.17) is 21.3 Å². The Bertz CT molecular complexity index is 589. The average molecular weight is 365 g/mol. The summed E-state index contributed by atoms with van der Waals surface area (Å²) >= 11 is 6.23. The summed E-state index contributed by atoms with van der Waals surface area (Å²) in [4.78, 5) is 7.32. The van der Waals surface area contributed by atoms with Crippen LogP contribution >= 0.6 is 11.6 Å². The van der Waals surface area contributed by atoms with Crippen LogP contribution in [0, 0.1) is 5.92 Å². The van der Waals surface area contributed by atoms with E-state index in [1.165, 1.54) is 12.0 Å². The van der Waals surface area contributed by atoms with Gasteiger partial charge in [0.25, 0.3) is 0 Å². The van der Waals surface area contributed by atoms with Gasteiger partial charge < -0.3 is 15.4 Å². The van der Waals surface area contributed by atoms with Gasteiger partial charge in [0, 0.05) is 30.7 Å². The van der Waals surface area contributed by atoms with E-state index in [9.17, 15) is 0 Å². The van der Waals surface area contributed by atoms with Crippen LogP contribution in [0.5, 0.6) is 0 Å². The first kappa shape index (κ1) is 18.5. The van der Waals surface area contributed by atoms with Gasteiger partial charge in [0.05, 0.1) is 25.8 Å². The van der Waals surface area contributed by atoms with Crippen LogP contribution in [0.3, 0.4) is 0 Å². The van der Waals surface area contributed by atoms with Crippen LogP contribution in [0.4, 0.5) is 0 Å². The van der Waals surface area contributed by atoms with E-state index >= 15 is 0 Å². The van der Waals surface area contributed by atoms with Crippen molar-refractivity contribution in [3.63, 3.8) is 0 Å². The van der Waals surface area contributed by atoms with Gasteiger partial charge in [-0.25, -0.2) is 0 Å².